The van der Waals surface area contributed by atoms with Crippen LogP contribution in [0.1, 0.15) is 239 Å². The van der Waals surface area contributed by atoms with E-state index in [2.05, 4.69) is 45.4 Å². The summed E-state index contributed by atoms with van der Waals surface area (Å²) in [4.78, 5) is 55.4. The van der Waals surface area contributed by atoms with Gasteiger partial charge in [0.1, 0.15) is 122 Å². The third-order valence-electron chi connectivity index (χ3n) is 22.7. The Bertz CT molecular complexity index is 2990. The van der Waals surface area contributed by atoms with Gasteiger partial charge in [-0.25, -0.2) is 0 Å². The van der Waals surface area contributed by atoms with Crippen LogP contribution in [-0.4, -0.2) is 344 Å². The average Bonchev–Trinajstić information content (AvgIpc) is 0.890. The number of rotatable bonds is 60. The van der Waals surface area contributed by atoms with E-state index in [9.17, 15) is 96.1 Å². The monoisotopic (exact) mass is 1730 g/mol. The van der Waals surface area contributed by atoms with Crippen LogP contribution in [0.15, 0.2) is 18.3 Å². The van der Waals surface area contributed by atoms with Crippen molar-refractivity contribution in [2.24, 2.45) is 0 Å². The molecule has 1 aromatic rings. The number of allylic oxidation sites excluding steroid dienone is 1. The van der Waals surface area contributed by atoms with Gasteiger partial charge in [-0.1, -0.05) is 185 Å². The minimum Gasteiger partial charge on any atom is -0.394 e. The Kier molecular flexibility index (Phi) is 49.4. The first-order valence-corrected chi connectivity index (χ1v) is 44.1. The lowest BCUT2D eigenvalue weighted by Crippen LogP contribution is -2.73. The highest BCUT2D eigenvalue weighted by atomic mass is 16.8. The maximum Gasteiger partial charge on any atom is 0.280 e. The highest BCUT2D eigenvalue weighted by molar-refractivity contribution is 5.84. The Morgan fingerprint density at radius 2 is 1.05 bits per heavy atom. The summed E-state index contributed by atoms with van der Waals surface area (Å²) in [5.41, 5.74) is 0.542. The number of hydrogen-bond donors (Lipinski definition) is 20. The molecule has 696 valence electrons. The van der Waals surface area contributed by atoms with Crippen LogP contribution in [0.4, 0.5) is 0 Å². The van der Waals surface area contributed by atoms with Crippen molar-refractivity contribution in [1.82, 2.24) is 36.3 Å². The van der Waals surface area contributed by atoms with Crippen molar-refractivity contribution in [3.63, 3.8) is 0 Å². The van der Waals surface area contributed by atoms with E-state index in [-0.39, 0.29) is 38.4 Å². The molecule has 0 saturated carbocycles. The smallest absolute Gasteiger partial charge is 0.280 e. The molecule has 0 aromatic carbocycles. The summed E-state index contributed by atoms with van der Waals surface area (Å²) in [5.74, 6) is -6.53. The number of ether oxygens (including phenoxy) is 11. The van der Waals surface area contributed by atoms with E-state index >= 15 is 4.79 Å². The fourth-order valence-electron chi connectivity index (χ4n) is 15.8. The van der Waals surface area contributed by atoms with Crippen LogP contribution in [0, 0.1) is 0 Å². The van der Waals surface area contributed by atoms with Crippen LogP contribution < -0.4 is 21.3 Å². The molecule has 120 heavy (non-hydrogen) atoms. The predicted octanol–water partition coefficient (Wildman–Crippen LogP) is -0.402. The van der Waals surface area contributed by atoms with Crippen LogP contribution >= 0.6 is 0 Å². The molecule has 0 radical (unpaired) electrons. The number of aliphatic hydroxyl groups excluding tert-OH is 16. The van der Waals surface area contributed by atoms with E-state index in [0.717, 1.165) is 71.6 Å². The van der Waals surface area contributed by atoms with Crippen LogP contribution in [0.3, 0.4) is 0 Å². The average molecular weight is 1730 g/mol. The second kappa shape index (κ2) is 56.7. The zero-order chi connectivity index (χ0) is 87.7. The molecule has 20 N–H and O–H groups in total. The van der Waals surface area contributed by atoms with Crippen molar-refractivity contribution in [3.05, 3.63) is 24.0 Å². The fraction of sp³-hybridized carbons (Fsp3) is 0.902. The molecular formula is C82H147N7O31. The molecule has 0 bridgehead atoms. The molecule has 1 aromatic heterocycles. The highest BCUT2D eigenvalue weighted by Gasteiger charge is 2.62. The topological polar surface area (TPSA) is 572 Å². The number of carbonyl (C=O) groups is 4. The molecule has 0 aliphatic carbocycles. The predicted molar refractivity (Wildman–Crippen MR) is 428 cm³/mol. The zero-order valence-electron chi connectivity index (χ0n) is 70.9. The van der Waals surface area contributed by atoms with Crippen LogP contribution in [-0.2, 0) is 84.4 Å². The molecule has 38 heteroatoms. The normalized spacial score (nSPS) is 32.1. The van der Waals surface area contributed by atoms with Crippen molar-refractivity contribution in [2.75, 3.05) is 52.8 Å². The number of carbonyl (C=O) groups excluding carboxylic acids is 4. The maximum absolute atomic E-state index is 15.5. The van der Waals surface area contributed by atoms with Gasteiger partial charge < -0.3 is 155 Å². The van der Waals surface area contributed by atoms with Crippen LogP contribution in [0.2, 0.25) is 0 Å². The minimum absolute atomic E-state index is 0.135. The second-order valence-corrected chi connectivity index (χ2v) is 32.5. The number of aliphatic hydroxyl groups is 16. The van der Waals surface area contributed by atoms with Gasteiger partial charge in [0.15, 0.2) is 25.2 Å². The molecule has 9 unspecified atom stereocenters. The van der Waals surface area contributed by atoms with Gasteiger partial charge in [0.25, 0.3) is 11.7 Å². The summed E-state index contributed by atoms with van der Waals surface area (Å²) >= 11 is 0. The first-order chi connectivity index (χ1) is 57.7. The van der Waals surface area contributed by atoms with E-state index in [1.54, 1.807) is 12.3 Å². The van der Waals surface area contributed by atoms with Crippen LogP contribution in [0.25, 0.3) is 0 Å². The first kappa shape index (κ1) is 104. The van der Waals surface area contributed by atoms with Gasteiger partial charge in [-0.15, -0.1) is 5.10 Å². The number of nitrogens with zero attached hydrogens (tertiary/aromatic N) is 3. The molecule has 38 nitrogen and oxygen atoms in total. The number of unbranched alkanes of at least 4 members (excludes halogenated alkanes) is 26. The summed E-state index contributed by atoms with van der Waals surface area (Å²) in [6, 6.07) is -4.76. The van der Waals surface area contributed by atoms with E-state index < -0.39 is 235 Å². The molecule has 5 aliphatic rings. The standard InChI is InChI=1S/C82H147N7O31/c1-6-9-11-13-15-17-19-21-22-24-26-28-30-32-34-38-61(100)86-53(54(97)37-33-31-29-27-25-23-20-18-16-14-12-10-7-2)49-111-78-70(107)68(105)72(59(46-93)114-78)116-80-71(108)76(73(60(47-94)115-80)117-77-63(85-51(5)96)74(66(103)58(45-92)112-77)118-79-69(106)67(104)65(102)57(44-91)113-79)120-82(41-55(98)62(84-50(4)95)75(119-82)64(101)56(99)43-90)81(109)83-39-35-36-40-89-42-52(87-88-89)48-110-8-3/h33,37,42,53-60,62-80,90-94,97-99,101-108H,6-32,34-36,38-41,43-49H2,1-5H3,(H,83,109)(H,84,95)(H,85,96)(H,86,100)/b37-33+/t53-,54+,55-,56-,57?,58?,59?,60?,62-,63+,64-,65+,66+,67?,68?,69+,70+,71+,72-,73+,74?,75?,76?,77+,78-,79+,80+,82+/m1/s1. The van der Waals surface area contributed by atoms with E-state index in [1.165, 1.54) is 107 Å². The zero-order valence-corrected chi connectivity index (χ0v) is 70.9. The molecule has 4 amide bonds. The Balaban J connectivity index is 1.30. The number of amides is 4. The Morgan fingerprint density at radius 3 is 1.62 bits per heavy atom. The van der Waals surface area contributed by atoms with Gasteiger partial charge in [0.05, 0.1) is 76.7 Å². The lowest BCUT2D eigenvalue weighted by Gasteiger charge is -2.53. The SMILES string of the molecule is CCCCCCCCCCCCC/C=C/[C@H](O)[C@@H](CO[C@@H]1OC(CO)[C@@H](O[C@@H]2OC(CO)[C@H](O[C@@H]3OC(CO)[C@H](O)C(O[C@@H]4OC(CO)[C@H](O)C(O)[C@@H]4O)[C@@H]3NC(C)=O)C(O[C@]3(C(=O)NCCCCn4cc(COCC)nn4)C[C@@H](O)[C@@H](NC(C)=O)C([C@H](O)[C@H](O)CO)O3)[C@@H]2O)C(O)[C@@H]1O)NC(=O)CCCCCCCCCCCCCCCCC. The molecular weight excluding hydrogens is 1580 g/mol. The number of aryl methyl sites for hydroxylation is 1. The van der Waals surface area contributed by atoms with Crippen molar-refractivity contribution in [3.8, 4) is 0 Å². The molecule has 5 aliphatic heterocycles. The molecule has 6 heterocycles. The van der Waals surface area contributed by atoms with Gasteiger partial charge in [0, 0.05) is 46.4 Å². The third kappa shape index (κ3) is 33.1. The minimum atomic E-state index is -3.12. The van der Waals surface area contributed by atoms with Gasteiger partial charge in [-0.05, 0) is 39.0 Å². The maximum atomic E-state index is 15.5. The first-order valence-electron chi connectivity index (χ1n) is 44.1. The Hall–Kier alpha value is -4.32. The summed E-state index contributed by atoms with van der Waals surface area (Å²) in [6.07, 6.45) is -14.0. The lowest BCUT2D eigenvalue weighted by atomic mass is 9.87. The Labute approximate surface area is 705 Å². The number of nitrogens with one attached hydrogen (secondary N) is 4. The van der Waals surface area contributed by atoms with Crippen LogP contribution in [0.5, 0.6) is 0 Å². The van der Waals surface area contributed by atoms with Crippen molar-refractivity contribution < 1.29 is 153 Å². The van der Waals surface area contributed by atoms with Gasteiger partial charge in [-0.3, -0.25) is 23.9 Å². The molecule has 0 spiro atoms. The van der Waals surface area contributed by atoms with E-state index in [4.69, 9.17) is 52.1 Å². The number of hydrogen-bond acceptors (Lipinski definition) is 33. The highest BCUT2D eigenvalue weighted by Crippen LogP contribution is 2.41. The fourth-order valence-corrected chi connectivity index (χ4v) is 15.8. The van der Waals surface area contributed by atoms with Gasteiger partial charge in [0.2, 0.25) is 17.7 Å². The number of aromatic nitrogens is 3. The molecule has 28 atom stereocenters. The Morgan fingerprint density at radius 1 is 0.550 bits per heavy atom. The largest absolute Gasteiger partial charge is 0.394 e. The van der Waals surface area contributed by atoms with Crippen molar-refractivity contribution >= 4 is 23.6 Å². The lowest BCUT2D eigenvalue weighted by molar-refractivity contribution is -0.402. The van der Waals surface area contributed by atoms with Gasteiger partial charge >= 0.3 is 0 Å². The molecule has 5 saturated heterocycles. The molecule has 5 fully saturated rings. The van der Waals surface area contributed by atoms with E-state index in [1.807, 2.05) is 13.0 Å². The summed E-state index contributed by atoms with van der Waals surface area (Å²) in [7, 11) is 0. The van der Waals surface area contributed by atoms with Gasteiger partial charge in [-0.2, -0.15) is 0 Å². The van der Waals surface area contributed by atoms with Crippen molar-refractivity contribution in [1.29, 1.82) is 0 Å². The third-order valence-corrected chi connectivity index (χ3v) is 22.7. The molecule has 6 rings (SSSR count). The summed E-state index contributed by atoms with van der Waals surface area (Å²) < 4.78 is 69.2. The summed E-state index contributed by atoms with van der Waals surface area (Å²) in [5, 5.41) is 201. The van der Waals surface area contributed by atoms with E-state index in [0.29, 0.717) is 31.6 Å². The quantitative estimate of drug-likeness (QED) is 0.0291. The second-order valence-electron chi connectivity index (χ2n) is 32.5. The van der Waals surface area contributed by atoms with Crippen molar-refractivity contribution in [2.45, 2.75) is 418 Å². The summed E-state index contributed by atoms with van der Waals surface area (Å²) in [6.45, 7) is 2.94.